The number of carboxylic acids is 1. The molecule has 0 radical (unpaired) electrons. The number of hydrogen-bond acceptors (Lipinski definition) is 3. The van der Waals surface area contributed by atoms with Crippen LogP contribution in [-0.4, -0.2) is 47.9 Å². The molecule has 1 aromatic carbocycles. The number of nitrogens with one attached hydrogen (secondary N) is 1. The van der Waals surface area contributed by atoms with Crippen LogP contribution in [0.1, 0.15) is 17.3 Å². The van der Waals surface area contributed by atoms with Crippen molar-refractivity contribution in [1.29, 1.82) is 0 Å². The van der Waals surface area contributed by atoms with Gasteiger partial charge in [-0.2, -0.15) is 0 Å². The average Bonchev–Trinajstić information content (AvgIpc) is 2.44. The van der Waals surface area contributed by atoms with E-state index in [0.29, 0.717) is 0 Å². The number of carbonyl (C=O) groups excluding carboxylic acids is 2. The van der Waals surface area contributed by atoms with E-state index in [1.165, 1.54) is 37.1 Å². The predicted molar refractivity (Wildman–Crippen MR) is 73.2 cm³/mol. The van der Waals surface area contributed by atoms with Gasteiger partial charge in [0.25, 0.3) is 5.91 Å². The molecule has 0 aliphatic heterocycles. The number of amides is 2. The van der Waals surface area contributed by atoms with Gasteiger partial charge in [0.15, 0.2) is 0 Å². The second kappa shape index (κ2) is 7.37. The molecule has 0 fully saturated rings. The first-order valence-corrected chi connectivity index (χ1v) is 6.32. The van der Waals surface area contributed by atoms with Crippen LogP contribution in [0, 0.1) is 11.7 Å². The molecule has 0 saturated heterocycles. The van der Waals surface area contributed by atoms with Gasteiger partial charge in [-0.3, -0.25) is 14.4 Å². The van der Waals surface area contributed by atoms with Gasteiger partial charge in [0.05, 0.1) is 18.0 Å². The third-order valence-electron chi connectivity index (χ3n) is 2.91. The summed E-state index contributed by atoms with van der Waals surface area (Å²) >= 11 is 0. The Kier molecular flexibility index (Phi) is 5.83. The van der Waals surface area contributed by atoms with Crippen LogP contribution in [0.4, 0.5) is 4.39 Å². The largest absolute Gasteiger partial charge is 0.481 e. The zero-order valence-electron chi connectivity index (χ0n) is 11.8. The third kappa shape index (κ3) is 4.87. The van der Waals surface area contributed by atoms with Gasteiger partial charge >= 0.3 is 5.97 Å². The van der Waals surface area contributed by atoms with Gasteiger partial charge in [0, 0.05) is 13.6 Å². The fourth-order valence-electron chi connectivity index (χ4n) is 1.62. The number of carboxylic acid groups (broad SMARTS) is 1. The quantitative estimate of drug-likeness (QED) is 0.810. The molecule has 21 heavy (non-hydrogen) atoms. The van der Waals surface area contributed by atoms with Crippen LogP contribution in [0.3, 0.4) is 0 Å². The maximum Gasteiger partial charge on any atom is 0.308 e. The zero-order chi connectivity index (χ0) is 16.0. The van der Waals surface area contributed by atoms with E-state index in [1.807, 2.05) is 0 Å². The SMILES string of the molecule is CC(CN(C)C(=O)CNC(=O)c1ccccc1F)C(=O)O. The number of nitrogens with zero attached hydrogens (tertiary/aromatic N) is 1. The lowest BCUT2D eigenvalue weighted by atomic mass is 10.2. The Morgan fingerprint density at radius 1 is 1.33 bits per heavy atom. The highest BCUT2D eigenvalue weighted by atomic mass is 19.1. The summed E-state index contributed by atoms with van der Waals surface area (Å²) < 4.78 is 13.4. The van der Waals surface area contributed by atoms with E-state index in [-0.39, 0.29) is 18.7 Å². The number of hydrogen-bond donors (Lipinski definition) is 2. The summed E-state index contributed by atoms with van der Waals surface area (Å²) in [5, 5.41) is 11.1. The second-order valence-corrected chi connectivity index (χ2v) is 4.68. The van der Waals surface area contributed by atoms with Crippen molar-refractivity contribution in [2.24, 2.45) is 5.92 Å². The van der Waals surface area contributed by atoms with E-state index in [4.69, 9.17) is 5.11 Å². The van der Waals surface area contributed by atoms with E-state index in [2.05, 4.69) is 5.32 Å². The summed E-state index contributed by atoms with van der Waals surface area (Å²) in [7, 11) is 1.44. The summed E-state index contributed by atoms with van der Waals surface area (Å²) in [6.45, 7) is 1.18. The Bertz CT molecular complexity index is 548. The maximum absolute atomic E-state index is 13.4. The van der Waals surface area contributed by atoms with Crippen molar-refractivity contribution in [2.45, 2.75) is 6.92 Å². The minimum absolute atomic E-state index is 0.0315. The predicted octanol–water partition coefficient (Wildman–Crippen LogP) is 0.735. The Hall–Kier alpha value is -2.44. The highest BCUT2D eigenvalue weighted by molar-refractivity contribution is 5.96. The Balaban J connectivity index is 2.51. The van der Waals surface area contributed by atoms with Crippen LogP contribution in [0.25, 0.3) is 0 Å². The van der Waals surface area contributed by atoms with Gasteiger partial charge in [0.1, 0.15) is 5.82 Å². The van der Waals surface area contributed by atoms with Crippen molar-refractivity contribution >= 4 is 17.8 Å². The Labute approximate surface area is 121 Å². The number of carbonyl (C=O) groups is 3. The fraction of sp³-hybridized carbons (Fsp3) is 0.357. The topological polar surface area (TPSA) is 86.7 Å². The molecule has 1 atom stereocenters. The van der Waals surface area contributed by atoms with Crippen LogP contribution in [0.2, 0.25) is 0 Å². The van der Waals surface area contributed by atoms with Crippen LogP contribution < -0.4 is 5.32 Å². The van der Waals surface area contributed by atoms with Crippen LogP contribution in [-0.2, 0) is 9.59 Å². The molecule has 6 nitrogen and oxygen atoms in total. The van der Waals surface area contributed by atoms with Gasteiger partial charge in [-0.15, -0.1) is 0 Å². The van der Waals surface area contributed by atoms with Gasteiger partial charge in [0.2, 0.25) is 5.91 Å². The summed E-state index contributed by atoms with van der Waals surface area (Å²) in [6, 6.07) is 5.43. The first-order chi connectivity index (χ1) is 9.82. The molecule has 1 aromatic rings. The normalized spacial score (nSPS) is 11.6. The molecule has 114 valence electrons. The van der Waals surface area contributed by atoms with Crippen molar-refractivity contribution < 1.29 is 23.9 Å². The van der Waals surface area contributed by atoms with Crippen molar-refractivity contribution in [2.75, 3.05) is 20.1 Å². The molecule has 1 unspecified atom stereocenters. The number of likely N-dealkylation sites (N-methyl/N-ethyl adjacent to an activating group) is 1. The molecule has 2 amide bonds. The minimum atomic E-state index is -1.01. The summed E-state index contributed by atoms with van der Waals surface area (Å²) in [5.41, 5.74) is -0.146. The molecule has 0 heterocycles. The lowest BCUT2D eigenvalue weighted by Crippen LogP contribution is -2.41. The molecule has 7 heteroatoms. The van der Waals surface area contributed by atoms with Gasteiger partial charge in [-0.25, -0.2) is 4.39 Å². The first-order valence-electron chi connectivity index (χ1n) is 6.32. The molecule has 2 N–H and O–H groups in total. The molecule has 0 spiro atoms. The van der Waals surface area contributed by atoms with Crippen molar-refractivity contribution in [3.8, 4) is 0 Å². The lowest BCUT2D eigenvalue weighted by Gasteiger charge is -2.19. The number of benzene rings is 1. The van der Waals surface area contributed by atoms with Crippen molar-refractivity contribution in [1.82, 2.24) is 10.2 Å². The zero-order valence-corrected chi connectivity index (χ0v) is 11.8. The number of aliphatic carboxylic acids is 1. The van der Waals surface area contributed by atoms with E-state index in [9.17, 15) is 18.8 Å². The van der Waals surface area contributed by atoms with E-state index in [0.717, 1.165) is 6.07 Å². The van der Waals surface area contributed by atoms with Crippen LogP contribution in [0.15, 0.2) is 24.3 Å². The smallest absolute Gasteiger partial charge is 0.308 e. The molecular weight excluding hydrogens is 279 g/mol. The molecule has 0 bridgehead atoms. The summed E-state index contributed by atoms with van der Waals surface area (Å²) in [6.07, 6.45) is 0. The van der Waals surface area contributed by atoms with Crippen molar-refractivity contribution in [3.63, 3.8) is 0 Å². The molecular formula is C14H17FN2O4. The number of rotatable bonds is 6. The van der Waals surface area contributed by atoms with Gasteiger partial charge in [-0.1, -0.05) is 19.1 Å². The lowest BCUT2D eigenvalue weighted by molar-refractivity contribution is -0.142. The maximum atomic E-state index is 13.4. The molecule has 1 rings (SSSR count). The second-order valence-electron chi connectivity index (χ2n) is 4.68. The molecule has 0 aliphatic carbocycles. The van der Waals surface area contributed by atoms with Crippen LogP contribution >= 0.6 is 0 Å². The van der Waals surface area contributed by atoms with Crippen LogP contribution in [0.5, 0.6) is 0 Å². The third-order valence-corrected chi connectivity index (χ3v) is 2.91. The molecule has 0 saturated carbocycles. The number of halogens is 1. The highest BCUT2D eigenvalue weighted by Gasteiger charge is 2.18. The van der Waals surface area contributed by atoms with E-state index in [1.54, 1.807) is 0 Å². The summed E-state index contributed by atoms with van der Waals surface area (Å²) in [4.78, 5) is 35.4. The Morgan fingerprint density at radius 2 is 1.95 bits per heavy atom. The average molecular weight is 296 g/mol. The highest BCUT2D eigenvalue weighted by Crippen LogP contribution is 2.05. The minimum Gasteiger partial charge on any atom is -0.481 e. The molecule has 0 aliphatic rings. The van der Waals surface area contributed by atoms with E-state index >= 15 is 0 Å². The van der Waals surface area contributed by atoms with Gasteiger partial charge < -0.3 is 15.3 Å². The van der Waals surface area contributed by atoms with Crippen molar-refractivity contribution in [3.05, 3.63) is 35.6 Å². The summed E-state index contributed by atoms with van der Waals surface area (Å²) in [5.74, 6) is -3.53. The standard InChI is InChI=1S/C14H17FN2O4/c1-9(14(20)21)8-17(2)12(18)7-16-13(19)10-5-3-4-6-11(10)15/h3-6,9H,7-8H2,1-2H3,(H,16,19)(H,20,21). The monoisotopic (exact) mass is 296 g/mol. The first kappa shape index (κ1) is 16.6. The molecule has 0 aromatic heterocycles. The van der Waals surface area contributed by atoms with Gasteiger partial charge in [-0.05, 0) is 12.1 Å². The Morgan fingerprint density at radius 3 is 2.52 bits per heavy atom. The fourth-order valence-corrected chi connectivity index (χ4v) is 1.62. The van der Waals surface area contributed by atoms with E-state index < -0.39 is 29.5 Å².